The Balaban J connectivity index is 1.62. The number of hydrogen-bond donors (Lipinski definition) is 0. The normalized spacial score (nSPS) is 16.2. The van der Waals surface area contributed by atoms with Gasteiger partial charge in [-0.15, -0.1) is 0 Å². The molecule has 1 unspecified atom stereocenters. The van der Waals surface area contributed by atoms with Gasteiger partial charge in [0, 0.05) is 17.5 Å². The van der Waals surface area contributed by atoms with Crippen LogP contribution in [0.5, 0.6) is 11.5 Å². The van der Waals surface area contributed by atoms with Crippen LogP contribution in [0.2, 0.25) is 0 Å². The Hall–Kier alpha value is -2.36. The van der Waals surface area contributed by atoms with Gasteiger partial charge in [0.2, 0.25) is 0 Å². The predicted octanol–water partition coefficient (Wildman–Crippen LogP) is 3.41. The molecule has 0 aliphatic carbocycles. The van der Waals surface area contributed by atoms with E-state index in [0.717, 1.165) is 5.56 Å². The molecule has 3 rings (SSSR count). The van der Waals surface area contributed by atoms with E-state index < -0.39 is 0 Å². The van der Waals surface area contributed by atoms with Crippen molar-refractivity contribution >= 4 is 5.78 Å². The van der Waals surface area contributed by atoms with Gasteiger partial charge in [0.1, 0.15) is 30.0 Å². The molecular weight excluding hydrogens is 271 g/mol. The molecule has 0 N–H and O–H groups in total. The zero-order valence-corrected chi connectivity index (χ0v) is 11.6. The zero-order valence-electron chi connectivity index (χ0n) is 11.6. The van der Waals surface area contributed by atoms with Crippen LogP contribution in [0.3, 0.4) is 0 Å². The van der Waals surface area contributed by atoms with Crippen molar-refractivity contribution in [3.05, 3.63) is 59.4 Å². The van der Waals surface area contributed by atoms with Gasteiger partial charge in [-0.25, -0.2) is 4.39 Å². The molecule has 0 bridgehead atoms. The summed E-state index contributed by atoms with van der Waals surface area (Å²) in [5, 5.41) is 0. The van der Waals surface area contributed by atoms with Crippen molar-refractivity contribution in [1.29, 1.82) is 0 Å². The van der Waals surface area contributed by atoms with Crippen molar-refractivity contribution in [3.8, 4) is 11.5 Å². The molecule has 2 aromatic rings. The van der Waals surface area contributed by atoms with Crippen molar-refractivity contribution in [1.82, 2.24) is 0 Å². The first-order chi connectivity index (χ1) is 10.1. The Morgan fingerprint density at radius 3 is 3.00 bits per heavy atom. The molecule has 1 aliphatic rings. The molecule has 0 spiro atoms. The Labute approximate surface area is 122 Å². The Morgan fingerprint density at radius 1 is 1.33 bits per heavy atom. The summed E-state index contributed by atoms with van der Waals surface area (Å²) in [6.45, 7) is 1.88. The summed E-state index contributed by atoms with van der Waals surface area (Å²) in [5.41, 5.74) is 1.48. The van der Waals surface area contributed by atoms with Gasteiger partial charge < -0.3 is 9.47 Å². The minimum atomic E-state index is -0.256. The highest BCUT2D eigenvalue weighted by Crippen LogP contribution is 2.29. The number of ketones is 1. The van der Waals surface area contributed by atoms with Crippen molar-refractivity contribution in [3.63, 3.8) is 0 Å². The molecule has 0 saturated carbocycles. The smallest absolute Gasteiger partial charge is 0.159 e. The minimum absolute atomic E-state index is 0.000414. The fourth-order valence-corrected chi connectivity index (χ4v) is 2.38. The lowest BCUT2D eigenvalue weighted by Crippen LogP contribution is -2.22. The molecule has 3 nitrogen and oxygen atoms in total. The molecule has 0 aromatic heterocycles. The van der Waals surface area contributed by atoms with Crippen molar-refractivity contribution in [2.24, 2.45) is 0 Å². The van der Waals surface area contributed by atoms with E-state index in [2.05, 4.69) is 0 Å². The van der Waals surface area contributed by atoms with Gasteiger partial charge in [-0.1, -0.05) is 12.1 Å². The maximum Gasteiger partial charge on any atom is 0.159 e. The molecular formula is C17H15FO3. The third-order valence-corrected chi connectivity index (χ3v) is 3.44. The second-order valence-electron chi connectivity index (χ2n) is 5.09. The van der Waals surface area contributed by atoms with E-state index in [-0.39, 0.29) is 17.7 Å². The van der Waals surface area contributed by atoms with E-state index in [9.17, 15) is 9.18 Å². The Bertz CT molecular complexity index is 681. The van der Waals surface area contributed by atoms with Crippen molar-refractivity contribution in [2.75, 3.05) is 6.61 Å². The molecule has 2 aromatic carbocycles. The van der Waals surface area contributed by atoms with Crippen LogP contribution in [0.1, 0.15) is 22.8 Å². The highest BCUT2D eigenvalue weighted by molar-refractivity contribution is 5.94. The lowest BCUT2D eigenvalue weighted by Gasteiger charge is -2.12. The quantitative estimate of drug-likeness (QED) is 0.808. The van der Waals surface area contributed by atoms with E-state index in [4.69, 9.17) is 9.47 Å². The Morgan fingerprint density at radius 2 is 2.19 bits per heavy atom. The maximum atomic E-state index is 13.1. The van der Waals surface area contributed by atoms with Crippen LogP contribution in [-0.2, 0) is 6.42 Å². The fourth-order valence-electron chi connectivity index (χ4n) is 2.38. The Kier molecular flexibility index (Phi) is 3.60. The van der Waals surface area contributed by atoms with Gasteiger partial charge >= 0.3 is 0 Å². The van der Waals surface area contributed by atoms with Gasteiger partial charge in [0.15, 0.2) is 5.78 Å². The number of carbonyl (C=O) groups is 1. The summed E-state index contributed by atoms with van der Waals surface area (Å²) < 4.78 is 24.5. The molecule has 1 atom stereocenters. The first-order valence-corrected chi connectivity index (χ1v) is 6.81. The second kappa shape index (κ2) is 5.56. The second-order valence-corrected chi connectivity index (χ2v) is 5.09. The number of hydrogen-bond acceptors (Lipinski definition) is 3. The van der Waals surface area contributed by atoms with Crippen molar-refractivity contribution < 1.29 is 18.7 Å². The molecule has 1 aliphatic heterocycles. The van der Waals surface area contributed by atoms with Gasteiger partial charge in [0.25, 0.3) is 0 Å². The maximum absolute atomic E-state index is 13.1. The monoisotopic (exact) mass is 286 g/mol. The predicted molar refractivity (Wildman–Crippen MR) is 76.5 cm³/mol. The van der Waals surface area contributed by atoms with E-state index >= 15 is 0 Å². The fraction of sp³-hybridized carbons (Fsp3) is 0.235. The van der Waals surface area contributed by atoms with Crippen LogP contribution in [0.4, 0.5) is 4.39 Å². The number of fused-ring (bicyclic) bond motifs is 1. The van der Waals surface area contributed by atoms with Crippen LogP contribution in [-0.4, -0.2) is 18.5 Å². The lowest BCUT2D eigenvalue weighted by molar-refractivity contribution is 0.101. The highest BCUT2D eigenvalue weighted by Gasteiger charge is 2.23. The summed E-state index contributed by atoms with van der Waals surface area (Å²) >= 11 is 0. The highest BCUT2D eigenvalue weighted by atomic mass is 19.1. The molecule has 0 fully saturated rings. The van der Waals surface area contributed by atoms with E-state index in [1.807, 2.05) is 0 Å². The molecule has 0 saturated heterocycles. The molecule has 108 valence electrons. The summed E-state index contributed by atoms with van der Waals surface area (Å²) in [4.78, 5) is 11.3. The van der Waals surface area contributed by atoms with Gasteiger partial charge in [-0.3, -0.25) is 4.79 Å². The topological polar surface area (TPSA) is 35.5 Å². The van der Waals surface area contributed by atoms with Crippen LogP contribution in [0.25, 0.3) is 0 Å². The number of Topliss-reactive ketones (excluding diaryl/α,β-unsaturated/α-hetero) is 1. The van der Waals surface area contributed by atoms with E-state index in [0.29, 0.717) is 30.1 Å². The number of benzene rings is 2. The van der Waals surface area contributed by atoms with Gasteiger partial charge in [-0.2, -0.15) is 0 Å². The summed E-state index contributed by atoms with van der Waals surface area (Å²) in [6, 6.07) is 11.6. The van der Waals surface area contributed by atoms with Gasteiger partial charge in [-0.05, 0) is 37.3 Å². The third kappa shape index (κ3) is 3.05. The summed E-state index contributed by atoms with van der Waals surface area (Å²) in [7, 11) is 0. The van der Waals surface area contributed by atoms with E-state index in [1.54, 1.807) is 30.3 Å². The molecule has 0 amide bonds. The average Bonchev–Trinajstić information content (AvgIpc) is 2.87. The number of rotatable bonds is 4. The molecule has 4 heteroatoms. The van der Waals surface area contributed by atoms with Crippen molar-refractivity contribution in [2.45, 2.75) is 19.4 Å². The van der Waals surface area contributed by atoms with E-state index in [1.165, 1.54) is 19.1 Å². The first-order valence-electron chi connectivity index (χ1n) is 6.81. The molecule has 0 radical (unpaired) electrons. The molecule has 21 heavy (non-hydrogen) atoms. The lowest BCUT2D eigenvalue weighted by atomic mass is 10.1. The van der Waals surface area contributed by atoms with Crippen LogP contribution in [0, 0.1) is 5.82 Å². The van der Waals surface area contributed by atoms with Crippen LogP contribution in [0.15, 0.2) is 42.5 Å². The van der Waals surface area contributed by atoms with Gasteiger partial charge in [0.05, 0.1) is 0 Å². The van der Waals surface area contributed by atoms with Crippen LogP contribution >= 0.6 is 0 Å². The zero-order chi connectivity index (χ0) is 14.8. The third-order valence-electron chi connectivity index (χ3n) is 3.44. The van der Waals surface area contributed by atoms with Crippen LogP contribution < -0.4 is 9.47 Å². The largest absolute Gasteiger partial charge is 0.490 e. The summed E-state index contributed by atoms with van der Waals surface area (Å²) in [6.07, 6.45) is 0.488. The standard InChI is InChI=1S/C17H15FO3/c1-11(19)12-3-2-4-15(8-12)20-10-16-9-13-7-14(18)5-6-17(13)21-16/h2-8,16H,9-10H2,1H3. The first kappa shape index (κ1) is 13.6. The SMILES string of the molecule is CC(=O)c1cccc(OCC2Cc3cc(F)ccc3O2)c1. The number of halogens is 1. The summed E-state index contributed by atoms with van der Waals surface area (Å²) in [5.74, 6) is 1.09. The molecule has 1 heterocycles. The number of carbonyl (C=O) groups excluding carboxylic acids is 1. The minimum Gasteiger partial charge on any atom is -0.490 e. The average molecular weight is 286 g/mol. The number of ether oxygens (including phenoxy) is 2.